The first-order valence-corrected chi connectivity index (χ1v) is 7.12. The molecule has 2 aliphatic heterocycles. The molecule has 1 aromatic carbocycles. The molecule has 2 atom stereocenters. The average Bonchev–Trinajstić information content (AvgIpc) is 3.12. The number of amides is 1. The van der Waals surface area contributed by atoms with Crippen molar-refractivity contribution in [2.75, 3.05) is 13.1 Å². The Hall–Kier alpha value is -1.55. The molecule has 2 aliphatic rings. The Morgan fingerprint density at radius 1 is 1.35 bits per heavy atom. The molecule has 20 heavy (non-hydrogen) atoms. The number of piperidine rings is 1. The number of hydrogen-bond acceptors (Lipinski definition) is 3. The minimum absolute atomic E-state index is 0.103. The first-order valence-electron chi connectivity index (χ1n) is 7.12. The fraction of sp³-hybridized carbons (Fsp3) is 0.562. The largest absolute Gasteiger partial charge is 0.444 e. The highest BCUT2D eigenvalue weighted by Crippen LogP contribution is 2.51. The zero-order valence-corrected chi connectivity index (χ0v) is 12.3. The topological polar surface area (TPSA) is 42.1 Å². The molecule has 3 rings (SSSR count). The van der Waals surface area contributed by atoms with Gasteiger partial charge in [0.15, 0.2) is 0 Å². The fourth-order valence-electron chi connectivity index (χ4n) is 2.83. The van der Waals surface area contributed by atoms with Crippen LogP contribution in [0.15, 0.2) is 30.3 Å². The van der Waals surface area contributed by atoms with Gasteiger partial charge in [-0.3, -0.25) is 0 Å². The van der Waals surface area contributed by atoms with Gasteiger partial charge < -0.3 is 14.4 Å². The van der Waals surface area contributed by atoms with Gasteiger partial charge in [0.1, 0.15) is 17.3 Å². The van der Waals surface area contributed by atoms with Crippen molar-refractivity contribution in [3.63, 3.8) is 0 Å². The Kier molecular flexibility index (Phi) is 3.01. The molecule has 0 aromatic heterocycles. The van der Waals surface area contributed by atoms with E-state index < -0.39 is 5.60 Å². The Labute approximate surface area is 119 Å². The predicted molar refractivity (Wildman–Crippen MR) is 75.4 cm³/mol. The van der Waals surface area contributed by atoms with Gasteiger partial charge in [-0.15, -0.1) is 0 Å². The number of rotatable bonds is 1. The third kappa shape index (κ3) is 2.40. The number of ether oxygens (including phenoxy) is 2. The second-order valence-corrected chi connectivity index (χ2v) is 6.54. The molecule has 0 saturated carbocycles. The summed E-state index contributed by atoms with van der Waals surface area (Å²) in [5, 5.41) is 0. The van der Waals surface area contributed by atoms with Crippen molar-refractivity contribution in [2.24, 2.45) is 0 Å². The standard InChI is InChI=1S/C16H21NO3/c1-15(2,3)20-14(18)17-10-9-16(13(11-17)19-16)12-7-5-4-6-8-12/h4-8,13H,9-11H2,1-3H3/t13-,16-/m0/s1. The molecule has 2 heterocycles. The van der Waals surface area contributed by atoms with Gasteiger partial charge in [0.25, 0.3) is 0 Å². The second kappa shape index (κ2) is 4.48. The zero-order valence-electron chi connectivity index (χ0n) is 12.3. The molecular formula is C16H21NO3. The van der Waals surface area contributed by atoms with Crippen molar-refractivity contribution in [2.45, 2.75) is 44.5 Å². The van der Waals surface area contributed by atoms with Crippen LogP contribution in [0.1, 0.15) is 32.8 Å². The fourth-order valence-corrected chi connectivity index (χ4v) is 2.83. The SMILES string of the molecule is CC(C)(C)OC(=O)N1CC[C@@]2(c3ccccc3)O[C@H]2C1. The van der Waals surface area contributed by atoms with Crippen LogP contribution in [0.5, 0.6) is 0 Å². The van der Waals surface area contributed by atoms with Crippen LogP contribution in [-0.4, -0.2) is 35.8 Å². The van der Waals surface area contributed by atoms with Crippen molar-refractivity contribution in [3.8, 4) is 0 Å². The molecule has 2 fully saturated rings. The molecule has 108 valence electrons. The number of carbonyl (C=O) groups excluding carboxylic acids is 1. The summed E-state index contributed by atoms with van der Waals surface area (Å²) in [6.45, 7) is 6.95. The van der Waals surface area contributed by atoms with Gasteiger partial charge in [0.2, 0.25) is 0 Å². The van der Waals surface area contributed by atoms with E-state index in [-0.39, 0.29) is 17.8 Å². The van der Waals surface area contributed by atoms with E-state index in [1.54, 1.807) is 4.90 Å². The van der Waals surface area contributed by atoms with Crippen molar-refractivity contribution >= 4 is 6.09 Å². The van der Waals surface area contributed by atoms with E-state index in [1.807, 2.05) is 39.0 Å². The van der Waals surface area contributed by atoms with Crippen LogP contribution in [0.3, 0.4) is 0 Å². The smallest absolute Gasteiger partial charge is 0.410 e. The highest BCUT2D eigenvalue weighted by Gasteiger charge is 2.60. The maximum Gasteiger partial charge on any atom is 0.410 e. The highest BCUT2D eigenvalue weighted by molar-refractivity contribution is 5.68. The van der Waals surface area contributed by atoms with Crippen molar-refractivity contribution in [1.82, 2.24) is 4.90 Å². The highest BCUT2D eigenvalue weighted by atomic mass is 16.6. The molecule has 1 aromatic rings. The lowest BCUT2D eigenvalue weighted by atomic mass is 9.89. The molecule has 0 radical (unpaired) electrons. The van der Waals surface area contributed by atoms with Crippen LogP contribution >= 0.6 is 0 Å². The van der Waals surface area contributed by atoms with Gasteiger partial charge in [-0.1, -0.05) is 30.3 Å². The Morgan fingerprint density at radius 3 is 2.65 bits per heavy atom. The van der Waals surface area contributed by atoms with Gasteiger partial charge in [0, 0.05) is 13.0 Å². The number of nitrogens with zero attached hydrogens (tertiary/aromatic N) is 1. The van der Waals surface area contributed by atoms with Gasteiger partial charge in [0.05, 0.1) is 6.54 Å². The van der Waals surface area contributed by atoms with E-state index in [1.165, 1.54) is 5.56 Å². The molecule has 4 nitrogen and oxygen atoms in total. The van der Waals surface area contributed by atoms with Crippen molar-refractivity contribution in [1.29, 1.82) is 0 Å². The normalized spacial score (nSPS) is 28.8. The second-order valence-electron chi connectivity index (χ2n) is 6.54. The van der Waals surface area contributed by atoms with Gasteiger partial charge in [-0.05, 0) is 26.3 Å². The molecule has 0 aliphatic carbocycles. The summed E-state index contributed by atoms with van der Waals surface area (Å²) in [6.07, 6.45) is 0.696. The molecule has 0 N–H and O–H groups in total. The van der Waals surface area contributed by atoms with Crippen LogP contribution in [0.25, 0.3) is 0 Å². The minimum Gasteiger partial charge on any atom is -0.444 e. The maximum atomic E-state index is 12.1. The Balaban J connectivity index is 1.65. The summed E-state index contributed by atoms with van der Waals surface area (Å²) < 4.78 is 11.3. The molecule has 0 unspecified atom stereocenters. The molecule has 0 spiro atoms. The Bertz CT molecular complexity index is 508. The molecule has 2 saturated heterocycles. The van der Waals surface area contributed by atoms with E-state index in [9.17, 15) is 4.79 Å². The number of likely N-dealkylation sites (tertiary alicyclic amines) is 1. The van der Waals surface area contributed by atoms with Crippen molar-refractivity contribution in [3.05, 3.63) is 35.9 Å². The summed E-state index contributed by atoms with van der Waals surface area (Å²) in [5.41, 5.74) is 0.601. The molecule has 0 bridgehead atoms. The summed E-state index contributed by atoms with van der Waals surface area (Å²) >= 11 is 0. The average molecular weight is 275 g/mol. The van der Waals surface area contributed by atoms with E-state index in [0.717, 1.165) is 6.42 Å². The molecule has 4 heteroatoms. The van der Waals surface area contributed by atoms with E-state index in [0.29, 0.717) is 13.1 Å². The molecule has 1 amide bonds. The van der Waals surface area contributed by atoms with E-state index >= 15 is 0 Å². The first kappa shape index (κ1) is 13.4. The maximum absolute atomic E-state index is 12.1. The van der Waals surface area contributed by atoms with Gasteiger partial charge in [-0.2, -0.15) is 0 Å². The van der Waals surface area contributed by atoms with Crippen molar-refractivity contribution < 1.29 is 14.3 Å². The number of hydrogen-bond donors (Lipinski definition) is 0. The first-order chi connectivity index (χ1) is 9.41. The lowest BCUT2D eigenvalue weighted by Gasteiger charge is -2.31. The van der Waals surface area contributed by atoms with Crippen LogP contribution in [0.4, 0.5) is 4.79 Å². The summed E-state index contributed by atoms with van der Waals surface area (Å²) in [6, 6.07) is 10.3. The zero-order chi connectivity index (χ0) is 14.4. The molecular weight excluding hydrogens is 254 g/mol. The quantitative estimate of drug-likeness (QED) is 0.740. The van der Waals surface area contributed by atoms with Crippen LogP contribution in [-0.2, 0) is 15.1 Å². The number of epoxide rings is 1. The third-order valence-corrected chi connectivity index (χ3v) is 3.87. The monoisotopic (exact) mass is 275 g/mol. The van der Waals surface area contributed by atoms with E-state index in [2.05, 4.69) is 12.1 Å². The number of carbonyl (C=O) groups is 1. The lowest BCUT2D eigenvalue weighted by molar-refractivity contribution is 0.0217. The third-order valence-electron chi connectivity index (χ3n) is 3.87. The lowest BCUT2D eigenvalue weighted by Crippen LogP contribution is -2.44. The van der Waals surface area contributed by atoms with Crippen LogP contribution in [0, 0.1) is 0 Å². The van der Waals surface area contributed by atoms with Gasteiger partial charge in [-0.25, -0.2) is 4.79 Å². The summed E-state index contributed by atoms with van der Waals surface area (Å²) in [4.78, 5) is 13.8. The van der Waals surface area contributed by atoms with Gasteiger partial charge >= 0.3 is 6.09 Å². The number of fused-ring (bicyclic) bond motifs is 1. The Morgan fingerprint density at radius 2 is 2.05 bits per heavy atom. The minimum atomic E-state index is -0.449. The summed E-state index contributed by atoms with van der Waals surface area (Å²) in [5.74, 6) is 0. The van der Waals surface area contributed by atoms with E-state index in [4.69, 9.17) is 9.47 Å². The van der Waals surface area contributed by atoms with Crippen LogP contribution in [0.2, 0.25) is 0 Å². The van der Waals surface area contributed by atoms with Crippen LogP contribution < -0.4 is 0 Å². The summed E-state index contributed by atoms with van der Waals surface area (Å²) in [7, 11) is 0. The predicted octanol–water partition coefficient (Wildman–Crippen LogP) is 2.92. The number of benzene rings is 1.